The molecule has 1 aliphatic carbocycles. The lowest BCUT2D eigenvalue weighted by atomic mass is 9.81. The van der Waals surface area contributed by atoms with E-state index in [1.165, 1.54) is 122 Å². The van der Waals surface area contributed by atoms with Crippen molar-refractivity contribution in [1.82, 2.24) is 0 Å². The van der Waals surface area contributed by atoms with Crippen LogP contribution in [0.2, 0.25) is 0 Å². The molecule has 2 aliphatic heterocycles. The van der Waals surface area contributed by atoms with E-state index in [9.17, 15) is 0 Å². The van der Waals surface area contributed by atoms with Crippen LogP contribution in [0.15, 0.2) is 224 Å². The monoisotopic (exact) mass is 866 g/mol. The molecule has 2 nitrogen and oxygen atoms in total. The van der Waals surface area contributed by atoms with Crippen molar-refractivity contribution in [1.29, 1.82) is 0 Å². The normalized spacial score (nSPS) is 13.5. The van der Waals surface area contributed by atoms with E-state index in [0.29, 0.717) is 0 Å². The van der Waals surface area contributed by atoms with Gasteiger partial charge in [-0.2, -0.15) is 0 Å². The first-order chi connectivity index (χ1) is 33.7. The van der Waals surface area contributed by atoms with Crippen LogP contribution in [0.25, 0.3) is 71.8 Å². The molecule has 3 aliphatic rings. The zero-order valence-electron chi connectivity index (χ0n) is 37.7. The molecule has 0 unspecified atom stereocenters. The molecule has 0 N–H and O–H groups in total. The van der Waals surface area contributed by atoms with Crippen LogP contribution < -0.4 is 9.80 Å². The van der Waals surface area contributed by atoms with Crippen LogP contribution >= 0.6 is 0 Å². The van der Waals surface area contributed by atoms with Crippen LogP contribution in [0.1, 0.15) is 39.8 Å². The number of hydrogen-bond donors (Lipinski definition) is 0. The lowest BCUT2D eigenvalue weighted by Gasteiger charge is -2.34. The number of benzene rings is 11. The van der Waals surface area contributed by atoms with Crippen LogP contribution in [-0.2, 0) is 19.3 Å². The zero-order valence-corrected chi connectivity index (χ0v) is 37.7. The molecule has 320 valence electrons. The van der Waals surface area contributed by atoms with Gasteiger partial charge in [0.05, 0.1) is 0 Å². The average Bonchev–Trinajstić information content (AvgIpc) is 3.40. The first-order valence-corrected chi connectivity index (χ1v) is 24.1. The van der Waals surface area contributed by atoms with Gasteiger partial charge in [-0.15, -0.1) is 0 Å². The summed E-state index contributed by atoms with van der Waals surface area (Å²) in [5, 5.41) is 7.41. The van der Waals surface area contributed by atoms with E-state index in [1.54, 1.807) is 0 Å². The minimum atomic E-state index is 0.913. The van der Waals surface area contributed by atoms with Gasteiger partial charge in [-0.25, -0.2) is 0 Å². The maximum atomic E-state index is 2.50. The van der Waals surface area contributed by atoms with E-state index in [1.807, 2.05) is 0 Å². The molecule has 0 saturated heterocycles. The molecule has 0 aromatic heterocycles. The maximum Gasteiger partial charge on any atom is 0.0497 e. The smallest absolute Gasteiger partial charge is 0.0497 e. The molecular weight excluding hydrogens is 821 g/mol. The van der Waals surface area contributed by atoms with Crippen molar-refractivity contribution >= 4 is 72.5 Å². The number of para-hydroxylation sites is 4. The van der Waals surface area contributed by atoms with Crippen LogP contribution in [0, 0.1) is 0 Å². The summed E-state index contributed by atoms with van der Waals surface area (Å²) in [6.07, 6.45) is 8.54. The third kappa shape index (κ3) is 6.18. The SMILES string of the molecule is C1=Cc2ccc(-c3c4cc(N5c6ccccc6Cc6ccccc65)ccc4c(-c4cc5ccccc5cc4-c4ccccc4)c4cc(N5c6ccccc6Cc6ccccc65)ccc34)cc2CC1. The average molecular weight is 867 g/mol. The fraction of sp³-hybridized carbons (Fsp3) is 0.0606. The highest BCUT2D eigenvalue weighted by atomic mass is 15.2. The maximum absolute atomic E-state index is 2.50. The van der Waals surface area contributed by atoms with Crippen molar-refractivity contribution in [3.63, 3.8) is 0 Å². The van der Waals surface area contributed by atoms with E-state index in [2.05, 4.69) is 240 Å². The Morgan fingerprint density at radius 3 is 1.38 bits per heavy atom. The fourth-order valence-electron chi connectivity index (χ4n) is 11.7. The molecule has 0 spiro atoms. The Balaban J connectivity index is 1.13. The molecule has 11 aromatic rings. The number of anilines is 6. The quantitative estimate of drug-likeness (QED) is 0.159. The third-order valence-corrected chi connectivity index (χ3v) is 14.8. The largest absolute Gasteiger partial charge is 0.310 e. The van der Waals surface area contributed by atoms with Gasteiger partial charge in [0.1, 0.15) is 0 Å². The van der Waals surface area contributed by atoms with Gasteiger partial charge < -0.3 is 9.80 Å². The van der Waals surface area contributed by atoms with Crippen molar-refractivity contribution in [3.8, 4) is 33.4 Å². The van der Waals surface area contributed by atoms with Crippen molar-refractivity contribution in [2.24, 2.45) is 0 Å². The fourth-order valence-corrected chi connectivity index (χ4v) is 11.7. The molecule has 0 atom stereocenters. The van der Waals surface area contributed by atoms with Crippen LogP contribution in [-0.4, -0.2) is 0 Å². The Kier molecular flexibility index (Phi) is 8.88. The molecule has 68 heavy (non-hydrogen) atoms. The Hall–Kier alpha value is -8.46. The van der Waals surface area contributed by atoms with Crippen molar-refractivity contribution in [2.75, 3.05) is 9.80 Å². The summed E-state index contributed by atoms with van der Waals surface area (Å²) in [6, 6.07) is 82.3. The molecule has 0 fully saturated rings. The number of hydrogen-bond acceptors (Lipinski definition) is 2. The van der Waals surface area contributed by atoms with Gasteiger partial charge in [-0.05, 0) is 173 Å². The first kappa shape index (κ1) is 38.8. The van der Waals surface area contributed by atoms with E-state index in [0.717, 1.165) is 37.1 Å². The highest BCUT2D eigenvalue weighted by Gasteiger charge is 2.28. The molecule has 0 amide bonds. The van der Waals surface area contributed by atoms with E-state index in [4.69, 9.17) is 0 Å². The summed E-state index contributed by atoms with van der Waals surface area (Å²) >= 11 is 0. The summed E-state index contributed by atoms with van der Waals surface area (Å²) in [6.45, 7) is 0. The highest BCUT2D eigenvalue weighted by Crippen LogP contribution is 2.53. The summed E-state index contributed by atoms with van der Waals surface area (Å²) in [5.41, 5.74) is 22.7. The molecule has 2 heterocycles. The molecular formula is C66H46N2. The minimum absolute atomic E-state index is 0.913. The Labute approximate surface area is 397 Å². The van der Waals surface area contributed by atoms with Crippen molar-refractivity contribution in [2.45, 2.75) is 25.7 Å². The Bertz CT molecular complexity index is 3790. The third-order valence-electron chi connectivity index (χ3n) is 14.8. The van der Waals surface area contributed by atoms with Gasteiger partial charge in [0.25, 0.3) is 0 Å². The van der Waals surface area contributed by atoms with E-state index >= 15 is 0 Å². The number of aryl methyl sites for hydroxylation is 1. The zero-order chi connectivity index (χ0) is 44.7. The van der Waals surface area contributed by atoms with Gasteiger partial charge in [-0.3, -0.25) is 0 Å². The number of fused-ring (bicyclic) bond motifs is 8. The summed E-state index contributed by atoms with van der Waals surface area (Å²) in [5.74, 6) is 0. The second-order valence-electron chi connectivity index (χ2n) is 18.7. The predicted octanol–water partition coefficient (Wildman–Crippen LogP) is 17.9. The Morgan fingerprint density at radius 1 is 0.324 bits per heavy atom. The topological polar surface area (TPSA) is 6.48 Å². The molecule has 0 bridgehead atoms. The van der Waals surface area contributed by atoms with Gasteiger partial charge >= 0.3 is 0 Å². The van der Waals surface area contributed by atoms with Gasteiger partial charge in [-0.1, -0.05) is 170 Å². The minimum Gasteiger partial charge on any atom is -0.310 e. The summed E-state index contributed by atoms with van der Waals surface area (Å²) in [4.78, 5) is 5.00. The van der Waals surface area contributed by atoms with E-state index < -0.39 is 0 Å². The van der Waals surface area contributed by atoms with Crippen LogP contribution in [0.5, 0.6) is 0 Å². The Morgan fingerprint density at radius 2 is 0.809 bits per heavy atom. The second-order valence-corrected chi connectivity index (χ2v) is 18.7. The number of nitrogens with zero attached hydrogens (tertiary/aromatic N) is 2. The van der Waals surface area contributed by atoms with Gasteiger partial charge in [0.15, 0.2) is 0 Å². The standard InChI is InChI=1S/C66H46N2/c1-2-17-44(18-3-1)57-39-46-20-6-7-21-47(46)40-58(57)66-56-35-33-53(67-61-26-12-8-22-48(61)37-49-23-9-13-27-62(49)67)41-59(56)65(52-31-30-43-16-4-5-19-45(43)36-52)55-34-32-54(42-60(55)66)68-63-28-14-10-24-50(63)38-51-25-11-15-29-64(51)68/h1-4,6-18,20-36,39-42H,5,19,37-38H2. The molecule has 14 rings (SSSR count). The van der Waals surface area contributed by atoms with Crippen molar-refractivity contribution in [3.05, 3.63) is 258 Å². The number of rotatable bonds is 5. The molecule has 11 aromatic carbocycles. The predicted molar refractivity (Wildman–Crippen MR) is 288 cm³/mol. The van der Waals surface area contributed by atoms with Crippen LogP contribution in [0.3, 0.4) is 0 Å². The molecule has 2 heteroatoms. The molecule has 0 radical (unpaired) electrons. The first-order valence-electron chi connectivity index (χ1n) is 24.1. The lowest BCUT2D eigenvalue weighted by molar-refractivity contribution is 0.986. The van der Waals surface area contributed by atoms with Gasteiger partial charge in [0, 0.05) is 47.0 Å². The van der Waals surface area contributed by atoms with E-state index in [-0.39, 0.29) is 0 Å². The van der Waals surface area contributed by atoms with Gasteiger partial charge in [0.2, 0.25) is 0 Å². The second kappa shape index (κ2) is 15.6. The summed E-state index contributed by atoms with van der Waals surface area (Å²) < 4.78 is 0. The number of allylic oxidation sites excluding steroid dienone is 1. The molecule has 0 saturated carbocycles. The highest BCUT2D eigenvalue weighted by molar-refractivity contribution is 6.24. The lowest BCUT2D eigenvalue weighted by Crippen LogP contribution is -2.18. The van der Waals surface area contributed by atoms with Crippen LogP contribution in [0.4, 0.5) is 34.1 Å². The van der Waals surface area contributed by atoms with Crippen molar-refractivity contribution < 1.29 is 0 Å². The summed E-state index contributed by atoms with van der Waals surface area (Å²) in [7, 11) is 0.